The Balaban J connectivity index is 1.63. The van der Waals surface area contributed by atoms with E-state index in [1.165, 1.54) is 44.4 Å². The van der Waals surface area contributed by atoms with Crippen LogP contribution in [0, 0.1) is 0 Å². The highest BCUT2D eigenvalue weighted by Gasteiger charge is 2.25. The number of rotatable bonds is 6. The summed E-state index contributed by atoms with van der Waals surface area (Å²) >= 11 is 5.95. The van der Waals surface area contributed by atoms with Gasteiger partial charge >= 0.3 is 5.97 Å². The molecule has 0 saturated carbocycles. The monoisotopic (exact) mass is 445 g/mol. The first-order valence-electron chi connectivity index (χ1n) is 9.36. The van der Waals surface area contributed by atoms with Crippen LogP contribution < -0.4 is 20.5 Å². The maximum absolute atomic E-state index is 12.4. The number of ether oxygens (including phenoxy) is 2. The lowest BCUT2D eigenvalue weighted by Crippen LogP contribution is -2.50. The van der Waals surface area contributed by atoms with E-state index >= 15 is 0 Å². The summed E-state index contributed by atoms with van der Waals surface area (Å²) in [5, 5.41) is 4.15. The normalized spacial score (nSPS) is 14.5. The summed E-state index contributed by atoms with van der Waals surface area (Å²) in [6, 6.07) is 10.6. The van der Waals surface area contributed by atoms with Crippen LogP contribution in [0.1, 0.15) is 30.1 Å². The van der Waals surface area contributed by atoms with Crippen LogP contribution in [0.15, 0.2) is 42.5 Å². The Morgan fingerprint density at radius 3 is 2.52 bits per heavy atom. The van der Waals surface area contributed by atoms with E-state index < -0.39 is 18.0 Å². The molecule has 2 aromatic carbocycles. The van der Waals surface area contributed by atoms with E-state index in [0.29, 0.717) is 22.1 Å². The highest BCUT2D eigenvalue weighted by molar-refractivity contribution is 6.31. The molecule has 162 valence electrons. The van der Waals surface area contributed by atoms with Crippen LogP contribution in [0.25, 0.3) is 0 Å². The van der Waals surface area contributed by atoms with Gasteiger partial charge in [-0.2, -0.15) is 0 Å². The summed E-state index contributed by atoms with van der Waals surface area (Å²) in [6.07, 6.45) is -0.848. The molecule has 0 bridgehead atoms. The Morgan fingerprint density at radius 2 is 1.84 bits per heavy atom. The second-order valence-electron chi connectivity index (χ2n) is 6.69. The fourth-order valence-electron chi connectivity index (χ4n) is 2.82. The van der Waals surface area contributed by atoms with Gasteiger partial charge in [0.2, 0.25) is 11.8 Å². The predicted octanol–water partition coefficient (Wildman–Crippen LogP) is 2.69. The molecule has 0 radical (unpaired) electrons. The highest BCUT2D eigenvalue weighted by atomic mass is 35.5. The van der Waals surface area contributed by atoms with Crippen molar-refractivity contribution in [1.82, 2.24) is 5.43 Å². The number of halogens is 1. The quantitative estimate of drug-likeness (QED) is 0.661. The predicted molar refractivity (Wildman–Crippen MR) is 113 cm³/mol. The van der Waals surface area contributed by atoms with E-state index in [1.54, 1.807) is 12.1 Å². The molecule has 0 spiro atoms. The number of hydrogen-bond acceptors (Lipinski definition) is 6. The van der Waals surface area contributed by atoms with Gasteiger partial charge in [0.1, 0.15) is 5.75 Å². The average Bonchev–Trinajstić information content (AvgIpc) is 2.75. The third kappa shape index (κ3) is 5.32. The molecule has 1 heterocycles. The van der Waals surface area contributed by atoms with E-state index in [0.717, 1.165) is 5.01 Å². The van der Waals surface area contributed by atoms with Gasteiger partial charge in [-0.15, -0.1) is 0 Å². The fourth-order valence-corrected chi connectivity index (χ4v) is 3.00. The minimum atomic E-state index is -1.10. The molecular formula is C21H20ClN3O6. The number of anilines is 2. The first-order chi connectivity index (χ1) is 14.8. The van der Waals surface area contributed by atoms with Crippen LogP contribution >= 0.6 is 11.6 Å². The van der Waals surface area contributed by atoms with Crippen molar-refractivity contribution in [2.45, 2.75) is 25.9 Å². The fraction of sp³-hybridized carbons (Fsp3) is 0.238. The highest BCUT2D eigenvalue weighted by Crippen LogP contribution is 2.28. The van der Waals surface area contributed by atoms with Gasteiger partial charge in [0, 0.05) is 17.9 Å². The zero-order valence-corrected chi connectivity index (χ0v) is 17.6. The van der Waals surface area contributed by atoms with Gasteiger partial charge in [-0.1, -0.05) is 11.6 Å². The van der Waals surface area contributed by atoms with Crippen LogP contribution in [0.5, 0.6) is 5.75 Å². The molecule has 1 aliphatic heterocycles. The number of benzene rings is 2. The van der Waals surface area contributed by atoms with Crippen molar-refractivity contribution >= 4 is 46.7 Å². The summed E-state index contributed by atoms with van der Waals surface area (Å²) in [5.41, 5.74) is 3.41. The number of hydrazine groups is 1. The second-order valence-corrected chi connectivity index (χ2v) is 7.13. The number of hydrogen-bond donors (Lipinski definition) is 2. The number of amides is 3. The number of nitrogens with zero attached hydrogens (tertiary/aromatic N) is 1. The molecule has 2 N–H and O–H groups in total. The maximum atomic E-state index is 12.4. The molecule has 31 heavy (non-hydrogen) atoms. The van der Waals surface area contributed by atoms with Crippen LogP contribution in [0.2, 0.25) is 5.02 Å². The Morgan fingerprint density at radius 1 is 1.13 bits per heavy atom. The van der Waals surface area contributed by atoms with Crippen molar-refractivity contribution in [3.63, 3.8) is 0 Å². The maximum Gasteiger partial charge on any atom is 0.338 e. The van der Waals surface area contributed by atoms with Crippen LogP contribution in [0.4, 0.5) is 11.4 Å². The molecule has 1 atom stereocenters. The number of carbonyl (C=O) groups is 4. The van der Waals surface area contributed by atoms with Gasteiger partial charge in [-0.25, -0.2) is 9.80 Å². The summed E-state index contributed by atoms with van der Waals surface area (Å²) in [7, 11) is 1.45. The molecule has 9 nitrogen and oxygen atoms in total. The van der Waals surface area contributed by atoms with Gasteiger partial charge in [0.05, 0.1) is 24.0 Å². The van der Waals surface area contributed by atoms with Crippen molar-refractivity contribution in [2.75, 3.05) is 17.4 Å². The molecule has 1 aliphatic rings. The smallest absolute Gasteiger partial charge is 0.338 e. The third-order valence-electron chi connectivity index (χ3n) is 4.49. The minimum absolute atomic E-state index is 0.111. The topological polar surface area (TPSA) is 114 Å². The molecule has 1 fully saturated rings. The molecule has 3 amide bonds. The van der Waals surface area contributed by atoms with Crippen molar-refractivity contribution in [3.05, 3.63) is 53.1 Å². The Labute approximate surface area is 183 Å². The summed E-state index contributed by atoms with van der Waals surface area (Å²) in [4.78, 5) is 48.3. The zero-order chi connectivity index (χ0) is 22.5. The second kappa shape index (κ2) is 9.48. The molecular weight excluding hydrogens is 426 g/mol. The summed E-state index contributed by atoms with van der Waals surface area (Å²) in [5.74, 6) is -1.39. The number of nitrogens with one attached hydrogen (secondary N) is 2. The van der Waals surface area contributed by atoms with Crippen LogP contribution in [-0.4, -0.2) is 36.9 Å². The van der Waals surface area contributed by atoms with Crippen LogP contribution in [-0.2, 0) is 19.1 Å². The van der Waals surface area contributed by atoms with E-state index in [4.69, 9.17) is 21.1 Å². The lowest BCUT2D eigenvalue weighted by atomic mass is 10.1. The standard InChI is InChI=1S/C21H20ClN3O6/c1-12(20(28)23-16-11-14(22)5-8-17(16)30-2)31-21(29)13-3-6-15(7-4-13)25-19(27)10-9-18(26)24-25/h3-8,11-12H,9-10H2,1-2H3,(H,23,28)(H,24,26). The van der Waals surface area contributed by atoms with E-state index in [9.17, 15) is 19.2 Å². The Hall–Kier alpha value is -3.59. The molecule has 0 aliphatic carbocycles. The third-order valence-corrected chi connectivity index (χ3v) is 4.72. The molecule has 1 unspecified atom stereocenters. The van der Waals surface area contributed by atoms with Gasteiger partial charge in [0.15, 0.2) is 6.10 Å². The molecule has 3 rings (SSSR count). The van der Waals surface area contributed by atoms with Crippen LogP contribution in [0.3, 0.4) is 0 Å². The van der Waals surface area contributed by atoms with E-state index in [-0.39, 0.29) is 30.2 Å². The lowest BCUT2D eigenvalue weighted by Gasteiger charge is -2.27. The summed E-state index contributed by atoms with van der Waals surface area (Å²) in [6.45, 7) is 1.43. The van der Waals surface area contributed by atoms with Gasteiger partial charge in [0.25, 0.3) is 5.91 Å². The van der Waals surface area contributed by atoms with E-state index in [1.807, 2.05) is 0 Å². The first kappa shape index (κ1) is 22.1. The Kier molecular flexibility index (Phi) is 6.76. The molecule has 0 aromatic heterocycles. The average molecular weight is 446 g/mol. The first-order valence-corrected chi connectivity index (χ1v) is 9.74. The number of methoxy groups -OCH3 is 1. The van der Waals surface area contributed by atoms with Gasteiger partial charge in [-0.05, 0) is 49.4 Å². The van der Waals surface area contributed by atoms with Crippen molar-refractivity contribution in [1.29, 1.82) is 0 Å². The van der Waals surface area contributed by atoms with E-state index in [2.05, 4.69) is 10.7 Å². The van der Waals surface area contributed by atoms with Crippen molar-refractivity contribution in [2.24, 2.45) is 0 Å². The van der Waals surface area contributed by atoms with Crippen molar-refractivity contribution < 1.29 is 28.7 Å². The zero-order valence-electron chi connectivity index (χ0n) is 16.8. The lowest BCUT2D eigenvalue weighted by molar-refractivity contribution is -0.130. The SMILES string of the molecule is COc1ccc(Cl)cc1NC(=O)C(C)OC(=O)c1ccc(N2NC(=O)CCC2=O)cc1. The Bertz CT molecular complexity index is 1020. The van der Waals surface area contributed by atoms with Gasteiger partial charge < -0.3 is 14.8 Å². The number of carbonyl (C=O) groups excluding carboxylic acids is 4. The molecule has 10 heteroatoms. The summed E-state index contributed by atoms with van der Waals surface area (Å²) < 4.78 is 10.4. The van der Waals surface area contributed by atoms with Gasteiger partial charge in [-0.3, -0.25) is 19.8 Å². The number of esters is 1. The molecule has 1 saturated heterocycles. The van der Waals surface area contributed by atoms with Crippen molar-refractivity contribution in [3.8, 4) is 5.75 Å². The largest absolute Gasteiger partial charge is 0.495 e. The minimum Gasteiger partial charge on any atom is -0.495 e. The molecule has 2 aromatic rings.